The van der Waals surface area contributed by atoms with Crippen molar-refractivity contribution < 1.29 is 4.42 Å². The zero-order chi connectivity index (χ0) is 14.9. The van der Waals surface area contributed by atoms with Crippen LogP contribution in [0.5, 0.6) is 0 Å². The SMILES string of the molecule is S=C(NCCCSCc1ccco1)Nc1cccc(Br)c1. The highest BCUT2D eigenvalue weighted by atomic mass is 79.9. The zero-order valence-corrected chi connectivity index (χ0v) is 14.7. The second-order valence-electron chi connectivity index (χ2n) is 4.38. The fourth-order valence-corrected chi connectivity index (χ4v) is 3.16. The van der Waals surface area contributed by atoms with Crippen LogP contribution in [0.25, 0.3) is 0 Å². The van der Waals surface area contributed by atoms with Gasteiger partial charge in [-0.15, -0.1) is 0 Å². The number of halogens is 1. The van der Waals surface area contributed by atoms with Crippen LogP contribution in [0.2, 0.25) is 0 Å². The van der Waals surface area contributed by atoms with Gasteiger partial charge in [0.15, 0.2) is 5.11 Å². The summed E-state index contributed by atoms with van der Waals surface area (Å²) in [7, 11) is 0. The first-order valence-corrected chi connectivity index (χ1v) is 9.00. The van der Waals surface area contributed by atoms with Crippen LogP contribution in [0.1, 0.15) is 12.2 Å². The lowest BCUT2D eigenvalue weighted by Gasteiger charge is -2.10. The Hall–Kier alpha value is -0.980. The monoisotopic (exact) mass is 384 g/mol. The van der Waals surface area contributed by atoms with Crippen LogP contribution in [0.15, 0.2) is 51.6 Å². The minimum Gasteiger partial charge on any atom is -0.468 e. The third kappa shape index (κ3) is 6.54. The second kappa shape index (κ2) is 9.12. The molecule has 3 nitrogen and oxygen atoms in total. The predicted octanol–water partition coefficient (Wildman–Crippen LogP) is 4.65. The summed E-state index contributed by atoms with van der Waals surface area (Å²) in [6.07, 6.45) is 2.77. The first-order chi connectivity index (χ1) is 10.2. The maximum absolute atomic E-state index is 5.28. The fourth-order valence-electron chi connectivity index (χ4n) is 1.69. The summed E-state index contributed by atoms with van der Waals surface area (Å²) < 4.78 is 6.32. The minimum absolute atomic E-state index is 0.657. The first kappa shape index (κ1) is 16.4. The Labute approximate surface area is 143 Å². The van der Waals surface area contributed by atoms with E-state index in [9.17, 15) is 0 Å². The molecule has 0 radical (unpaired) electrons. The molecule has 0 aliphatic heterocycles. The summed E-state index contributed by atoms with van der Waals surface area (Å²) in [6, 6.07) is 11.9. The van der Waals surface area contributed by atoms with Crippen molar-refractivity contribution in [3.63, 3.8) is 0 Å². The highest BCUT2D eigenvalue weighted by Crippen LogP contribution is 2.15. The fraction of sp³-hybridized carbons (Fsp3) is 0.267. The molecule has 1 heterocycles. The molecule has 0 fully saturated rings. The van der Waals surface area contributed by atoms with Crippen molar-refractivity contribution in [3.8, 4) is 0 Å². The van der Waals surface area contributed by atoms with E-state index in [2.05, 4.69) is 26.6 Å². The van der Waals surface area contributed by atoms with Crippen LogP contribution in [0, 0.1) is 0 Å². The number of furan rings is 1. The van der Waals surface area contributed by atoms with Gasteiger partial charge < -0.3 is 15.1 Å². The lowest BCUT2D eigenvalue weighted by atomic mass is 10.3. The molecule has 112 valence electrons. The molecule has 0 amide bonds. The number of hydrogen-bond donors (Lipinski definition) is 2. The van der Waals surface area contributed by atoms with E-state index in [-0.39, 0.29) is 0 Å². The average Bonchev–Trinajstić information content (AvgIpc) is 2.96. The highest BCUT2D eigenvalue weighted by Gasteiger charge is 1.99. The van der Waals surface area contributed by atoms with Crippen molar-refractivity contribution in [1.29, 1.82) is 0 Å². The molecule has 0 saturated carbocycles. The molecular formula is C15H17BrN2OS2. The third-order valence-corrected chi connectivity index (χ3v) is 4.46. The van der Waals surface area contributed by atoms with Gasteiger partial charge in [-0.2, -0.15) is 11.8 Å². The molecule has 1 aromatic heterocycles. The number of anilines is 1. The third-order valence-electron chi connectivity index (χ3n) is 2.66. The smallest absolute Gasteiger partial charge is 0.170 e. The van der Waals surface area contributed by atoms with Gasteiger partial charge in [0.1, 0.15) is 5.76 Å². The van der Waals surface area contributed by atoms with Crippen molar-refractivity contribution in [2.24, 2.45) is 0 Å². The Morgan fingerprint density at radius 1 is 1.29 bits per heavy atom. The number of hydrogen-bond acceptors (Lipinski definition) is 3. The molecule has 0 spiro atoms. The van der Waals surface area contributed by atoms with E-state index in [1.807, 2.05) is 48.2 Å². The van der Waals surface area contributed by atoms with E-state index in [0.29, 0.717) is 5.11 Å². The zero-order valence-electron chi connectivity index (χ0n) is 11.5. The lowest BCUT2D eigenvalue weighted by molar-refractivity contribution is 0.530. The van der Waals surface area contributed by atoms with Crippen molar-refractivity contribution in [2.45, 2.75) is 12.2 Å². The molecule has 2 rings (SSSR count). The molecule has 0 aliphatic rings. The lowest BCUT2D eigenvalue weighted by Crippen LogP contribution is -2.29. The van der Waals surface area contributed by atoms with Gasteiger partial charge in [0.2, 0.25) is 0 Å². The molecule has 0 saturated heterocycles. The number of rotatable bonds is 7. The summed E-state index contributed by atoms with van der Waals surface area (Å²) in [6.45, 7) is 0.866. The molecule has 2 aromatic rings. The molecule has 0 atom stereocenters. The van der Waals surface area contributed by atoms with Gasteiger partial charge in [-0.1, -0.05) is 22.0 Å². The maximum Gasteiger partial charge on any atom is 0.170 e. The van der Waals surface area contributed by atoms with Crippen molar-refractivity contribution in [2.75, 3.05) is 17.6 Å². The summed E-state index contributed by atoms with van der Waals surface area (Å²) in [5, 5.41) is 7.03. The Morgan fingerprint density at radius 3 is 2.95 bits per heavy atom. The van der Waals surface area contributed by atoms with Crippen molar-refractivity contribution >= 4 is 50.7 Å². The van der Waals surface area contributed by atoms with E-state index >= 15 is 0 Å². The Kier molecular flexibility index (Phi) is 7.12. The normalized spacial score (nSPS) is 10.3. The van der Waals surface area contributed by atoms with Gasteiger partial charge in [-0.05, 0) is 54.7 Å². The quantitative estimate of drug-likeness (QED) is 0.536. The van der Waals surface area contributed by atoms with Gasteiger partial charge in [0.05, 0.1) is 12.0 Å². The number of nitrogens with one attached hydrogen (secondary N) is 2. The Bertz CT molecular complexity index is 561. The van der Waals surface area contributed by atoms with E-state index < -0.39 is 0 Å². The van der Waals surface area contributed by atoms with E-state index in [0.717, 1.165) is 40.4 Å². The van der Waals surface area contributed by atoms with Crippen LogP contribution in [-0.2, 0) is 5.75 Å². The predicted molar refractivity (Wildman–Crippen MR) is 97.9 cm³/mol. The first-order valence-electron chi connectivity index (χ1n) is 6.64. The topological polar surface area (TPSA) is 37.2 Å². The Balaban J connectivity index is 1.55. The molecule has 2 N–H and O–H groups in total. The van der Waals surface area contributed by atoms with Crippen LogP contribution in [0.3, 0.4) is 0 Å². The van der Waals surface area contributed by atoms with Gasteiger partial charge in [-0.3, -0.25) is 0 Å². The van der Waals surface area contributed by atoms with Crippen LogP contribution >= 0.6 is 39.9 Å². The molecule has 0 aliphatic carbocycles. The van der Waals surface area contributed by atoms with Crippen LogP contribution in [-0.4, -0.2) is 17.4 Å². The Morgan fingerprint density at radius 2 is 2.19 bits per heavy atom. The molecule has 6 heteroatoms. The number of benzene rings is 1. The standard InChI is InChI=1S/C15H17BrN2OS2/c16-12-4-1-5-13(10-12)18-15(20)17-7-3-9-21-11-14-6-2-8-19-14/h1-2,4-6,8,10H,3,7,9,11H2,(H2,17,18,20). The van der Waals surface area contributed by atoms with Crippen molar-refractivity contribution in [3.05, 3.63) is 52.9 Å². The van der Waals surface area contributed by atoms with Crippen LogP contribution < -0.4 is 10.6 Å². The van der Waals surface area contributed by atoms with Crippen LogP contribution in [0.4, 0.5) is 5.69 Å². The van der Waals surface area contributed by atoms with Gasteiger partial charge in [0, 0.05) is 16.7 Å². The second-order valence-corrected chi connectivity index (χ2v) is 6.81. The molecule has 0 bridgehead atoms. The molecule has 21 heavy (non-hydrogen) atoms. The van der Waals surface area contributed by atoms with Gasteiger partial charge in [-0.25, -0.2) is 0 Å². The molecule has 1 aromatic carbocycles. The number of thiocarbonyl (C=S) groups is 1. The summed E-state index contributed by atoms with van der Waals surface area (Å²) >= 11 is 10.6. The van der Waals surface area contributed by atoms with Gasteiger partial charge >= 0.3 is 0 Å². The molecule has 0 unspecified atom stereocenters. The van der Waals surface area contributed by atoms with Gasteiger partial charge in [0.25, 0.3) is 0 Å². The summed E-state index contributed by atoms with van der Waals surface area (Å²) in [4.78, 5) is 0. The largest absolute Gasteiger partial charge is 0.468 e. The molecular weight excluding hydrogens is 368 g/mol. The van der Waals surface area contributed by atoms with E-state index in [1.54, 1.807) is 6.26 Å². The summed E-state index contributed by atoms with van der Waals surface area (Å²) in [5.41, 5.74) is 0.981. The average molecular weight is 385 g/mol. The number of thioether (sulfide) groups is 1. The van der Waals surface area contributed by atoms with E-state index in [1.165, 1.54) is 0 Å². The van der Waals surface area contributed by atoms with Crippen molar-refractivity contribution in [1.82, 2.24) is 5.32 Å². The highest BCUT2D eigenvalue weighted by molar-refractivity contribution is 9.10. The van der Waals surface area contributed by atoms with E-state index in [4.69, 9.17) is 16.6 Å². The maximum atomic E-state index is 5.28. The minimum atomic E-state index is 0.657. The summed E-state index contributed by atoms with van der Waals surface area (Å²) in [5.74, 6) is 3.03.